The fraction of sp³-hybridized carbons (Fsp3) is 1.00. The highest BCUT2D eigenvalue weighted by molar-refractivity contribution is 4.40. The second-order valence-corrected chi connectivity index (χ2v) is 3.59. The Morgan fingerprint density at radius 3 is 2.00 bits per heavy atom. The molecule has 0 atom stereocenters. The predicted molar refractivity (Wildman–Crippen MR) is 66.2 cm³/mol. The van der Waals surface area contributed by atoms with E-state index in [2.05, 4.69) is 12.2 Å². The summed E-state index contributed by atoms with van der Waals surface area (Å²) in [6.07, 6.45) is 1.37. The van der Waals surface area contributed by atoms with Gasteiger partial charge >= 0.3 is 0 Å². The second-order valence-electron chi connectivity index (χ2n) is 3.59. The summed E-state index contributed by atoms with van der Waals surface area (Å²) < 4.78 is 27.6. The number of nitrogens with one attached hydrogen (secondary N) is 1. The van der Waals surface area contributed by atoms with Gasteiger partial charge in [-0.15, -0.1) is 0 Å². The van der Waals surface area contributed by atoms with Gasteiger partial charge in [0.25, 0.3) is 0 Å². The molecule has 0 aromatic carbocycles. The SMILES string of the molecule is CCNCCOCCOCCOCCCCF. The molecule has 0 heterocycles. The first kappa shape index (κ1) is 16.8. The van der Waals surface area contributed by atoms with E-state index in [1.807, 2.05) is 0 Å². The molecule has 0 saturated carbocycles. The van der Waals surface area contributed by atoms with Crippen LogP contribution in [0.25, 0.3) is 0 Å². The van der Waals surface area contributed by atoms with Crippen molar-refractivity contribution in [3.63, 3.8) is 0 Å². The summed E-state index contributed by atoms with van der Waals surface area (Å²) in [5, 5.41) is 3.17. The minimum Gasteiger partial charge on any atom is -0.379 e. The maximum absolute atomic E-state index is 11.7. The Morgan fingerprint density at radius 1 is 0.824 bits per heavy atom. The van der Waals surface area contributed by atoms with E-state index in [-0.39, 0.29) is 6.67 Å². The molecule has 0 aliphatic heterocycles. The summed E-state index contributed by atoms with van der Waals surface area (Å²) in [6, 6.07) is 0. The Labute approximate surface area is 104 Å². The van der Waals surface area contributed by atoms with Crippen LogP contribution < -0.4 is 5.32 Å². The van der Waals surface area contributed by atoms with Crippen LogP contribution in [0.1, 0.15) is 19.8 Å². The summed E-state index contributed by atoms with van der Waals surface area (Å²) in [6.45, 7) is 7.36. The third kappa shape index (κ3) is 15.8. The van der Waals surface area contributed by atoms with Crippen molar-refractivity contribution in [3.8, 4) is 0 Å². The van der Waals surface area contributed by atoms with Gasteiger partial charge in [0, 0.05) is 13.2 Å². The number of halogens is 1. The van der Waals surface area contributed by atoms with Gasteiger partial charge in [0.15, 0.2) is 0 Å². The fourth-order valence-electron chi connectivity index (χ4n) is 1.16. The second kappa shape index (κ2) is 15.8. The standard InChI is InChI=1S/C12H26FNO3/c1-2-14-6-8-16-10-12-17-11-9-15-7-4-3-5-13/h14H,2-12H2,1H3. The molecule has 5 heteroatoms. The first-order valence-corrected chi connectivity index (χ1v) is 6.41. The number of hydrogen-bond donors (Lipinski definition) is 1. The molecular formula is C12H26FNO3. The van der Waals surface area contributed by atoms with Crippen LogP contribution >= 0.6 is 0 Å². The van der Waals surface area contributed by atoms with Crippen molar-refractivity contribution < 1.29 is 18.6 Å². The van der Waals surface area contributed by atoms with E-state index in [1.54, 1.807) is 0 Å². The van der Waals surface area contributed by atoms with E-state index in [1.165, 1.54) is 0 Å². The van der Waals surface area contributed by atoms with Gasteiger partial charge in [-0.25, -0.2) is 0 Å². The van der Waals surface area contributed by atoms with Crippen molar-refractivity contribution in [2.75, 3.05) is 59.4 Å². The average Bonchev–Trinajstić information content (AvgIpc) is 2.35. The smallest absolute Gasteiger partial charge is 0.0895 e. The van der Waals surface area contributed by atoms with Gasteiger partial charge < -0.3 is 19.5 Å². The summed E-state index contributed by atoms with van der Waals surface area (Å²) >= 11 is 0. The van der Waals surface area contributed by atoms with Crippen molar-refractivity contribution in [1.82, 2.24) is 5.32 Å². The van der Waals surface area contributed by atoms with Crippen LogP contribution in [0.4, 0.5) is 4.39 Å². The lowest BCUT2D eigenvalue weighted by Gasteiger charge is -2.06. The van der Waals surface area contributed by atoms with Crippen molar-refractivity contribution in [2.24, 2.45) is 0 Å². The highest BCUT2D eigenvalue weighted by Crippen LogP contribution is 1.90. The van der Waals surface area contributed by atoms with Crippen LogP contribution in [0.5, 0.6) is 0 Å². The lowest BCUT2D eigenvalue weighted by molar-refractivity contribution is 0.0144. The zero-order chi connectivity index (χ0) is 12.6. The maximum atomic E-state index is 11.7. The highest BCUT2D eigenvalue weighted by atomic mass is 19.1. The van der Waals surface area contributed by atoms with Crippen molar-refractivity contribution >= 4 is 0 Å². The number of likely N-dealkylation sites (N-methyl/N-ethyl adjacent to an activating group) is 1. The maximum Gasteiger partial charge on any atom is 0.0895 e. The van der Waals surface area contributed by atoms with Crippen molar-refractivity contribution in [3.05, 3.63) is 0 Å². The van der Waals surface area contributed by atoms with Crippen molar-refractivity contribution in [2.45, 2.75) is 19.8 Å². The Kier molecular flexibility index (Phi) is 15.6. The number of unbranched alkanes of at least 4 members (excludes halogenated alkanes) is 1. The Balaban J connectivity index is 2.85. The van der Waals surface area contributed by atoms with E-state index < -0.39 is 0 Å². The zero-order valence-corrected chi connectivity index (χ0v) is 10.9. The molecule has 104 valence electrons. The van der Waals surface area contributed by atoms with Crippen LogP contribution in [-0.4, -0.2) is 59.4 Å². The lowest BCUT2D eigenvalue weighted by atomic mass is 10.3. The molecule has 0 saturated heterocycles. The Morgan fingerprint density at radius 2 is 1.41 bits per heavy atom. The third-order valence-corrected chi connectivity index (χ3v) is 2.09. The molecule has 0 aliphatic carbocycles. The molecule has 1 N–H and O–H groups in total. The van der Waals surface area contributed by atoms with Gasteiger partial charge in [0.1, 0.15) is 0 Å². The number of ether oxygens (including phenoxy) is 3. The number of hydrogen-bond acceptors (Lipinski definition) is 4. The monoisotopic (exact) mass is 251 g/mol. The quantitative estimate of drug-likeness (QED) is 0.474. The lowest BCUT2D eigenvalue weighted by Crippen LogP contribution is -2.20. The van der Waals surface area contributed by atoms with Gasteiger partial charge in [0.05, 0.1) is 39.7 Å². The molecule has 0 unspecified atom stereocenters. The van der Waals surface area contributed by atoms with E-state index >= 15 is 0 Å². The van der Waals surface area contributed by atoms with Gasteiger partial charge in [-0.2, -0.15) is 0 Å². The van der Waals surface area contributed by atoms with Gasteiger partial charge in [-0.3, -0.25) is 4.39 Å². The summed E-state index contributed by atoms with van der Waals surface area (Å²) in [5.41, 5.74) is 0. The predicted octanol–water partition coefficient (Wildman–Crippen LogP) is 1.40. The highest BCUT2D eigenvalue weighted by Gasteiger charge is 1.92. The molecule has 0 amide bonds. The fourth-order valence-corrected chi connectivity index (χ4v) is 1.16. The third-order valence-electron chi connectivity index (χ3n) is 2.09. The van der Waals surface area contributed by atoms with Crippen LogP contribution in [-0.2, 0) is 14.2 Å². The van der Waals surface area contributed by atoms with E-state index in [4.69, 9.17) is 14.2 Å². The summed E-state index contributed by atoms with van der Waals surface area (Å²) in [5.74, 6) is 0. The molecule has 0 aromatic heterocycles. The minimum absolute atomic E-state index is 0.260. The molecule has 4 nitrogen and oxygen atoms in total. The number of rotatable bonds is 14. The molecule has 0 rings (SSSR count). The summed E-state index contributed by atoms with van der Waals surface area (Å²) in [7, 11) is 0. The van der Waals surface area contributed by atoms with Gasteiger partial charge in [-0.05, 0) is 19.4 Å². The van der Waals surface area contributed by atoms with Gasteiger partial charge in [-0.1, -0.05) is 6.92 Å². The minimum atomic E-state index is -0.260. The Bertz CT molecular complexity index is 125. The first-order chi connectivity index (χ1) is 8.41. The molecule has 0 fully saturated rings. The topological polar surface area (TPSA) is 39.7 Å². The van der Waals surface area contributed by atoms with Crippen LogP contribution in [0.3, 0.4) is 0 Å². The molecule has 0 spiro atoms. The largest absolute Gasteiger partial charge is 0.379 e. The first-order valence-electron chi connectivity index (χ1n) is 6.41. The van der Waals surface area contributed by atoms with E-state index in [0.717, 1.165) is 26.1 Å². The average molecular weight is 251 g/mol. The van der Waals surface area contributed by atoms with E-state index in [0.29, 0.717) is 39.5 Å². The molecule has 0 aromatic rings. The normalized spacial score (nSPS) is 10.9. The van der Waals surface area contributed by atoms with Crippen LogP contribution in [0.2, 0.25) is 0 Å². The zero-order valence-electron chi connectivity index (χ0n) is 10.9. The molecule has 17 heavy (non-hydrogen) atoms. The summed E-state index contributed by atoms with van der Waals surface area (Å²) in [4.78, 5) is 0. The molecule has 0 radical (unpaired) electrons. The van der Waals surface area contributed by atoms with Crippen LogP contribution in [0, 0.1) is 0 Å². The van der Waals surface area contributed by atoms with Crippen molar-refractivity contribution in [1.29, 1.82) is 0 Å². The Hall–Kier alpha value is -0.230. The van der Waals surface area contributed by atoms with E-state index in [9.17, 15) is 4.39 Å². The molecule has 0 aliphatic rings. The van der Waals surface area contributed by atoms with Gasteiger partial charge in [0.2, 0.25) is 0 Å². The van der Waals surface area contributed by atoms with Crippen LogP contribution in [0.15, 0.2) is 0 Å². The molecule has 0 bridgehead atoms. The molecular weight excluding hydrogens is 225 g/mol. The number of alkyl halides is 1.